The minimum Gasteiger partial charge on any atom is -0.364 e. The van der Waals surface area contributed by atoms with Gasteiger partial charge in [-0.25, -0.2) is 15.0 Å². The number of aryl methyl sites for hydroxylation is 1. The molecule has 0 saturated carbocycles. The molecule has 9 nitrogen and oxygen atoms in total. The summed E-state index contributed by atoms with van der Waals surface area (Å²) >= 11 is 0. The molecule has 1 unspecified atom stereocenters. The van der Waals surface area contributed by atoms with Gasteiger partial charge in [-0.2, -0.15) is 23.4 Å². The molecule has 0 aliphatic carbocycles. The lowest BCUT2D eigenvalue weighted by Gasteiger charge is -2.33. The smallest absolute Gasteiger partial charge is 0.364 e. The number of amides is 1. The zero-order chi connectivity index (χ0) is 22.0. The first-order valence-corrected chi connectivity index (χ1v) is 9.60. The van der Waals surface area contributed by atoms with Crippen molar-refractivity contribution in [2.75, 3.05) is 18.4 Å². The Bertz CT molecular complexity index is 1050. The Balaban J connectivity index is 1.49. The first-order valence-electron chi connectivity index (χ1n) is 9.60. The molecule has 1 N–H and O–H groups in total. The third-order valence-corrected chi connectivity index (χ3v) is 4.86. The van der Waals surface area contributed by atoms with E-state index in [-0.39, 0.29) is 17.8 Å². The summed E-state index contributed by atoms with van der Waals surface area (Å²) in [6.45, 7) is 2.73. The van der Waals surface area contributed by atoms with Gasteiger partial charge in [0.1, 0.15) is 5.82 Å². The van der Waals surface area contributed by atoms with E-state index in [9.17, 15) is 18.0 Å². The lowest BCUT2D eigenvalue weighted by atomic mass is 10.0. The van der Waals surface area contributed by atoms with E-state index >= 15 is 0 Å². The van der Waals surface area contributed by atoms with Crippen molar-refractivity contribution in [2.45, 2.75) is 32.0 Å². The summed E-state index contributed by atoms with van der Waals surface area (Å²) in [4.78, 5) is 27.8. The summed E-state index contributed by atoms with van der Waals surface area (Å²) in [7, 11) is 0. The molecule has 31 heavy (non-hydrogen) atoms. The van der Waals surface area contributed by atoms with Crippen molar-refractivity contribution in [1.82, 2.24) is 34.8 Å². The van der Waals surface area contributed by atoms with Gasteiger partial charge in [0.25, 0.3) is 5.91 Å². The molecule has 4 rings (SSSR count). The minimum atomic E-state index is -4.54. The van der Waals surface area contributed by atoms with Crippen LogP contribution in [-0.4, -0.2) is 59.9 Å². The molecule has 1 fully saturated rings. The fraction of sp³-hybridized carbons (Fsp3) is 0.368. The molecule has 1 amide bonds. The number of likely N-dealkylation sites (tertiary alicyclic amines) is 1. The van der Waals surface area contributed by atoms with Crippen molar-refractivity contribution in [3.63, 3.8) is 0 Å². The molecule has 1 aliphatic rings. The molecular formula is C19H19F3N8O. The molecule has 162 valence electrons. The van der Waals surface area contributed by atoms with Crippen molar-refractivity contribution >= 4 is 11.7 Å². The molecule has 12 heteroatoms. The second-order valence-corrected chi connectivity index (χ2v) is 7.16. The number of nitrogens with one attached hydrogen (secondary N) is 1. The number of piperidine rings is 1. The Morgan fingerprint density at radius 1 is 1.16 bits per heavy atom. The molecule has 4 heterocycles. The zero-order valence-corrected chi connectivity index (χ0v) is 16.5. The topological polar surface area (TPSA) is 102 Å². The van der Waals surface area contributed by atoms with Crippen LogP contribution >= 0.6 is 0 Å². The van der Waals surface area contributed by atoms with E-state index in [1.165, 1.54) is 17.2 Å². The number of rotatable bonds is 4. The molecule has 3 aromatic heterocycles. The maximum absolute atomic E-state index is 13.2. The van der Waals surface area contributed by atoms with Crippen LogP contribution in [0.4, 0.5) is 19.0 Å². The number of halogens is 3. The average molecular weight is 432 g/mol. The molecule has 0 aromatic carbocycles. The lowest BCUT2D eigenvalue weighted by molar-refractivity contribution is -0.141. The quantitative estimate of drug-likeness (QED) is 0.676. The van der Waals surface area contributed by atoms with Gasteiger partial charge in [0.2, 0.25) is 0 Å². The standard InChI is InChI=1S/C19H19F3N8O/c1-12-4-5-14(17(27-12)30-25-6-7-26-30)18(31)29-8-2-3-13(11-29)28-16-10-23-15(9-24-16)19(20,21)22/h4-7,9-10,13H,2-3,8,11H2,1H3,(H,24,28). The summed E-state index contributed by atoms with van der Waals surface area (Å²) in [6, 6.07) is 3.27. The van der Waals surface area contributed by atoms with Gasteiger partial charge in [-0.05, 0) is 31.9 Å². The molecule has 0 radical (unpaired) electrons. The molecule has 1 aliphatic heterocycles. The van der Waals surface area contributed by atoms with Crippen LogP contribution in [0.5, 0.6) is 0 Å². The highest BCUT2D eigenvalue weighted by molar-refractivity contribution is 5.97. The molecular weight excluding hydrogens is 413 g/mol. The number of alkyl halides is 3. The van der Waals surface area contributed by atoms with E-state index < -0.39 is 11.9 Å². The van der Waals surface area contributed by atoms with Crippen LogP contribution < -0.4 is 5.32 Å². The number of nitrogens with zero attached hydrogens (tertiary/aromatic N) is 7. The number of aromatic nitrogens is 6. The van der Waals surface area contributed by atoms with Crippen LogP contribution in [0.3, 0.4) is 0 Å². The summed E-state index contributed by atoms with van der Waals surface area (Å²) in [5.74, 6) is 0.356. The maximum Gasteiger partial charge on any atom is 0.434 e. The van der Waals surface area contributed by atoms with E-state index in [2.05, 4.69) is 30.5 Å². The number of carbonyl (C=O) groups is 1. The van der Waals surface area contributed by atoms with Crippen LogP contribution in [0.15, 0.2) is 36.9 Å². The average Bonchev–Trinajstić information content (AvgIpc) is 3.28. The molecule has 1 saturated heterocycles. The fourth-order valence-electron chi connectivity index (χ4n) is 3.40. The second kappa shape index (κ2) is 8.28. The summed E-state index contributed by atoms with van der Waals surface area (Å²) < 4.78 is 38.0. The SMILES string of the molecule is Cc1ccc(C(=O)N2CCCC(Nc3cnc(C(F)(F)F)cn3)C2)c(-n2nccn2)n1. The van der Waals surface area contributed by atoms with Gasteiger partial charge in [0.05, 0.1) is 30.4 Å². The van der Waals surface area contributed by atoms with Crippen molar-refractivity contribution < 1.29 is 18.0 Å². The molecule has 0 bridgehead atoms. The zero-order valence-electron chi connectivity index (χ0n) is 16.5. The van der Waals surface area contributed by atoms with Crippen LogP contribution in [0.25, 0.3) is 5.82 Å². The lowest BCUT2D eigenvalue weighted by Crippen LogP contribution is -2.45. The number of anilines is 1. The highest BCUT2D eigenvalue weighted by Gasteiger charge is 2.33. The van der Waals surface area contributed by atoms with Crippen LogP contribution in [0.1, 0.15) is 34.6 Å². The maximum atomic E-state index is 13.2. The number of hydrogen-bond donors (Lipinski definition) is 1. The van der Waals surface area contributed by atoms with E-state index in [4.69, 9.17) is 0 Å². The van der Waals surface area contributed by atoms with Gasteiger partial charge in [-0.3, -0.25) is 4.79 Å². The largest absolute Gasteiger partial charge is 0.434 e. The van der Waals surface area contributed by atoms with Gasteiger partial charge in [0, 0.05) is 24.8 Å². The third-order valence-electron chi connectivity index (χ3n) is 4.86. The third kappa shape index (κ3) is 4.62. The Morgan fingerprint density at radius 2 is 1.94 bits per heavy atom. The van der Waals surface area contributed by atoms with Gasteiger partial charge in [-0.15, -0.1) is 4.80 Å². The van der Waals surface area contributed by atoms with Gasteiger partial charge in [0.15, 0.2) is 11.5 Å². The Kier molecular flexibility index (Phi) is 5.53. The van der Waals surface area contributed by atoms with Crippen LogP contribution in [0, 0.1) is 6.92 Å². The Labute approximate surface area is 175 Å². The predicted octanol–water partition coefficient (Wildman–Crippen LogP) is 2.50. The van der Waals surface area contributed by atoms with E-state index in [1.54, 1.807) is 17.0 Å². The normalized spacial score (nSPS) is 16.9. The minimum absolute atomic E-state index is 0.173. The number of carbonyl (C=O) groups excluding carboxylic acids is 1. The van der Waals surface area contributed by atoms with Crippen molar-refractivity contribution in [3.05, 3.63) is 53.9 Å². The van der Waals surface area contributed by atoms with Gasteiger partial charge >= 0.3 is 6.18 Å². The van der Waals surface area contributed by atoms with Gasteiger partial charge in [-0.1, -0.05) is 0 Å². The predicted molar refractivity (Wildman–Crippen MR) is 103 cm³/mol. The summed E-state index contributed by atoms with van der Waals surface area (Å²) in [6.07, 6.45) is 1.68. The van der Waals surface area contributed by atoms with Crippen molar-refractivity contribution in [1.29, 1.82) is 0 Å². The number of hydrogen-bond acceptors (Lipinski definition) is 7. The van der Waals surface area contributed by atoms with E-state index in [0.717, 1.165) is 24.7 Å². The van der Waals surface area contributed by atoms with Gasteiger partial charge < -0.3 is 10.2 Å². The molecule has 1 atom stereocenters. The molecule has 0 spiro atoms. The van der Waals surface area contributed by atoms with Crippen LogP contribution in [0.2, 0.25) is 0 Å². The van der Waals surface area contributed by atoms with E-state index in [1.807, 2.05) is 6.92 Å². The Hall–Kier alpha value is -3.57. The first-order chi connectivity index (χ1) is 14.8. The monoisotopic (exact) mass is 432 g/mol. The Morgan fingerprint density at radius 3 is 2.61 bits per heavy atom. The molecule has 3 aromatic rings. The van der Waals surface area contributed by atoms with E-state index in [0.29, 0.717) is 30.7 Å². The van der Waals surface area contributed by atoms with Crippen molar-refractivity contribution in [2.24, 2.45) is 0 Å². The summed E-state index contributed by atoms with van der Waals surface area (Å²) in [5.41, 5.74) is 0.0461. The highest BCUT2D eigenvalue weighted by Crippen LogP contribution is 2.27. The van der Waals surface area contributed by atoms with Crippen molar-refractivity contribution in [3.8, 4) is 5.82 Å². The van der Waals surface area contributed by atoms with Crippen LogP contribution in [-0.2, 0) is 6.18 Å². The summed E-state index contributed by atoms with van der Waals surface area (Å²) in [5, 5.41) is 11.2. The highest BCUT2D eigenvalue weighted by atomic mass is 19.4. The number of pyridine rings is 1. The fourth-order valence-corrected chi connectivity index (χ4v) is 3.40. The second-order valence-electron chi connectivity index (χ2n) is 7.16. The first kappa shape index (κ1) is 20.7.